The van der Waals surface area contributed by atoms with Crippen molar-refractivity contribution in [2.45, 2.75) is 53.6 Å². The molecule has 3 amide bonds. The van der Waals surface area contributed by atoms with Crippen LogP contribution in [0.4, 0.5) is 16.2 Å². The summed E-state index contributed by atoms with van der Waals surface area (Å²) >= 11 is 0. The zero-order valence-corrected chi connectivity index (χ0v) is 21.3. The zero-order chi connectivity index (χ0) is 26.7. The van der Waals surface area contributed by atoms with Gasteiger partial charge in [0.2, 0.25) is 11.8 Å². The maximum Gasteiger partial charge on any atom is 0.409 e. The van der Waals surface area contributed by atoms with Crippen LogP contribution in [0, 0.1) is 30.9 Å². The SMILES string of the molecule is CCOC(=O)N1CCN(C(=O)C(C)n2cc(NC(=O)C(C)n3nc(C)c([N+](=O)[O-])c3C)c(C)n2)CC1. The molecule has 2 aromatic heterocycles. The number of hydrogen-bond donors (Lipinski definition) is 1. The summed E-state index contributed by atoms with van der Waals surface area (Å²) in [6.45, 7) is 11.7. The van der Waals surface area contributed by atoms with Crippen molar-refractivity contribution in [3.05, 3.63) is 33.4 Å². The van der Waals surface area contributed by atoms with Gasteiger partial charge in [0.1, 0.15) is 23.5 Å². The highest BCUT2D eigenvalue weighted by Gasteiger charge is 2.30. The minimum Gasteiger partial charge on any atom is -0.450 e. The van der Waals surface area contributed by atoms with Gasteiger partial charge in [0.25, 0.3) is 0 Å². The van der Waals surface area contributed by atoms with Gasteiger partial charge in [0, 0.05) is 32.4 Å². The average Bonchev–Trinajstić information content (AvgIpc) is 3.35. The van der Waals surface area contributed by atoms with Crippen LogP contribution >= 0.6 is 0 Å². The van der Waals surface area contributed by atoms with Crippen molar-refractivity contribution < 1.29 is 24.0 Å². The number of hydrogen-bond acceptors (Lipinski definition) is 8. The van der Waals surface area contributed by atoms with Gasteiger partial charge in [-0.2, -0.15) is 10.2 Å². The highest BCUT2D eigenvalue weighted by atomic mass is 16.6. The van der Waals surface area contributed by atoms with Gasteiger partial charge >= 0.3 is 11.8 Å². The van der Waals surface area contributed by atoms with Gasteiger partial charge in [-0.15, -0.1) is 0 Å². The van der Waals surface area contributed by atoms with Crippen LogP contribution in [0.3, 0.4) is 0 Å². The highest BCUT2D eigenvalue weighted by Crippen LogP contribution is 2.26. The third-order valence-electron chi connectivity index (χ3n) is 6.26. The first-order chi connectivity index (χ1) is 17.0. The Labute approximate surface area is 208 Å². The number of nitrogens with zero attached hydrogens (tertiary/aromatic N) is 7. The smallest absolute Gasteiger partial charge is 0.409 e. The van der Waals surface area contributed by atoms with E-state index in [1.807, 2.05) is 0 Å². The number of nitrogens with one attached hydrogen (secondary N) is 1. The molecule has 2 unspecified atom stereocenters. The Hall–Kier alpha value is -3.97. The monoisotopic (exact) mass is 504 g/mol. The van der Waals surface area contributed by atoms with E-state index in [4.69, 9.17) is 4.74 Å². The molecule has 196 valence electrons. The summed E-state index contributed by atoms with van der Waals surface area (Å²) in [5.74, 6) is -0.575. The molecular weight excluding hydrogens is 472 g/mol. The first-order valence-corrected chi connectivity index (χ1v) is 11.7. The number of carbonyl (C=O) groups excluding carboxylic acids is 3. The van der Waals surface area contributed by atoms with Gasteiger partial charge in [0.15, 0.2) is 0 Å². The van der Waals surface area contributed by atoms with E-state index >= 15 is 0 Å². The minimum atomic E-state index is -0.810. The molecule has 0 aromatic carbocycles. The van der Waals surface area contributed by atoms with E-state index in [2.05, 4.69) is 15.5 Å². The third kappa shape index (κ3) is 5.31. The summed E-state index contributed by atoms with van der Waals surface area (Å²) in [7, 11) is 0. The van der Waals surface area contributed by atoms with Crippen LogP contribution in [0.2, 0.25) is 0 Å². The number of aromatic nitrogens is 4. The molecule has 14 heteroatoms. The predicted molar refractivity (Wildman–Crippen MR) is 129 cm³/mol. The van der Waals surface area contributed by atoms with Gasteiger partial charge in [-0.05, 0) is 41.5 Å². The van der Waals surface area contributed by atoms with Crippen LogP contribution in [-0.4, -0.2) is 85.0 Å². The second kappa shape index (κ2) is 10.7. The Morgan fingerprint density at radius 3 is 2.22 bits per heavy atom. The van der Waals surface area contributed by atoms with Crippen LogP contribution in [0.5, 0.6) is 0 Å². The Morgan fingerprint density at radius 1 is 1.06 bits per heavy atom. The molecule has 0 bridgehead atoms. The van der Waals surface area contributed by atoms with E-state index in [0.717, 1.165) is 0 Å². The fraction of sp³-hybridized carbons (Fsp3) is 0.591. The lowest BCUT2D eigenvalue weighted by atomic mass is 10.2. The Kier molecular flexibility index (Phi) is 7.95. The van der Waals surface area contributed by atoms with Gasteiger partial charge in [0.05, 0.1) is 22.9 Å². The lowest BCUT2D eigenvalue weighted by Gasteiger charge is -2.35. The first kappa shape index (κ1) is 26.6. The number of anilines is 1. The molecule has 36 heavy (non-hydrogen) atoms. The van der Waals surface area contributed by atoms with Crippen molar-refractivity contribution >= 4 is 29.3 Å². The molecule has 0 aliphatic carbocycles. The van der Waals surface area contributed by atoms with E-state index in [-0.39, 0.29) is 29.1 Å². The van der Waals surface area contributed by atoms with Crippen molar-refractivity contribution in [1.82, 2.24) is 29.4 Å². The van der Waals surface area contributed by atoms with Crippen LogP contribution in [-0.2, 0) is 14.3 Å². The average molecular weight is 505 g/mol. The predicted octanol–water partition coefficient (Wildman–Crippen LogP) is 1.97. The maximum atomic E-state index is 13.0. The summed E-state index contributed by atoms with van der Waals surface area (Å²) in [6.07, 6.45) is 1.20. The number of ether oxygens (including phenoxy) is 1. The van der Waals surface area contributed by atoms with Crippen molar-refractivity contribution in [1.29, 1.82) is 0 Å². The number of carbonyl (C=O) groups is 3. The van der Waals surface area contributed by atoms with E-state index in [0.29, 0.717) is 44.2 Å². The summed E-state index contributed by atoms with van der Waals surface area (Å²) in [5, 5.41) is 22.6. The van der Waals surface area contributed by atoms with Crippen molar-refractivity contribution in [2.24, 2.45) is 0 Å². The summed E-state index contributed by atoms with van der Waals surface area (Å²) in [6, 6.07) is -1.44. The molecule has 0 spiro atoms. The van der Waals surface area contributed by atoms with Crippen LogP contribution in [0.25, 0.3) is 0 Å². The van der Waals surface area contributed by atoms with E-state index < -0.39 is 22.9 Å². The lowest BCUT2D eigenvalue weighted by Crippen LogP contribution is -2.52. The standard InChI is InChI=1S/C22H32N8O6/c1-7-36-22(33)27-10-8-26(9-11-27)21(32)17(6)28-12-18(13(2)24-28)23-20(31)16(5)29-15(4)19(30(34)35)14(3)25-29/h12,16-17H,7-11H2,1-6H3,(H,23,31). The Morgan fingerprint density at radius 2 is 1.67 bits per heavy atom. The van der Waals surface area contributed by atoms with E-state index in [1.165, 1.54) is 16.3 Å². The largest absolute Gasteiger partial charge is 0.450 e. The molecule has 0 radical (unpaired) electrons. The number of aryl methyl sites for hydroxylation is 2. The van der Waals surface area contributed by atoms with Crippen molar-refractivity contribution in [3.63, 3.8) is 0 Å². The van der Waals surface area contributed by atoms with Crippen molar-refractivity contribution in [2.75, 3.05) is 38.1 Å². The van der Waals surface area contributed by atoms with Gasteiger partial charge < -0.3 is 19.9 Å². The molecule has 14 nitrogen and oxygen atoms in total. The maximum absolute atomic E-state index is 13.0. The quantitative estimate of drug-likeness (QED) is 0.443. The molecule has 1 aliphatic rings. The van der Waals surface area contributed by atoms with Gasteiger partial charge in [-0.1, -0.05) is 0 Å². The highest BCUT2D eigenvalue weighted by molar-refractivity contribution is 5.94. The molecule has 1 saturated heterocycles. The van der Waals surface area contributed by atoms with E-state index in [1.54, 1.807) is 50.6 Å². The second-order valence-electron chi connectivity index (χ2n) is 8.68. The number of rotatable bonds is 7. The molecule has 3 heterocycles. The molecule has 1 N–H and O–H groups in total. The molecule has 1 fully saturated rings. The number of piperazine rings is 1. The molecular formula is C22H32N8O6. The first-order valence-electron chi connectivity index (χ1n) is 11.7. The topological polar surface area (TPSA) is 158 Å². The minimum absolute atomic E-state index is 0.117. The Balaban J connectivity index is 1.66. The molecule has 2 atom stereocenters. The van der Waals surface area contributed by atoms with Gasteiger partial charge in [-0.25, -0.2) is 4.79 Å². The zero-order valence-electron chi connectivity index (χ0n) is 21.3. The summed E-state index contributed by atoms with van der Waals surface area (Å²) in [4.78, 5) is 51.8. The fourth-order valence-corrected chi connectivity index (χ4v) is 4.15. The molecule has 2 aromatic rings. The number of amides is 3. The lowest BCUT2D eigenvalue weighted by molar-refractivity contribution is -0.386. The van der Waals surface area contributed by atoms with Crippen LogP contribution < -0.4 is 5.32 Å². The third-order valence-corrected chi connectivity index (χ3v) is 6.26. The molecule has 3 rings (SSSR count). The van der Waals surface area contributed by atoms with Crippen LogP contribution in [0.15, 0.2) is 6.20 Å². The van der Waals surface area contributed by atoms with E-state index in [9.17, 15) is 24.5 Å². The Bertz CT molecular complexity index is 1160. The number of nitro groups is 1. The van der Waals surface area contributed by atoms with Gasteiger partial charge in [-0.3, -0.25) is 29.1 Å². The van der Waals surface area contributed by atoms with Crippen LogP contribution in [0.1, 0.15) is 49.9 Å². The second-order valence-corrected chi connectivity index (χ2v) is 8.68. The van der Waals surface area contributed by atoms with Crippen molar-refractivity contribution in [3.8, 4) is 0 Å². The normalized spacial score (nSPS) is 15.4. The summed E-state index contributed by atoms with van der Waals surface area (Å²) in [5.41, 5.74) is 1.34. The molecule has 1 aliphatic heterocycles. The fourth-order valence-electron chi connectivity index (χ4n) is 4.15. The molecule has 0 saturated carbocycles. The summed E-state index contributed by atoms with van der Waals surface area (Å²) < 4.78 is 7.82.